The number of sulfonamides is 1. The van der Waals surface area contributed by atoms with Crippen molar-refractivity contribution < 1.29 is 18.3 Å². The fraction of sp³-hybridized carbons (Fsp3) is 0.917. The first kappa shape index (κ1) is 15.4. The van der Waals surface area contributed by atoms with Crippen molar-refractivity contribution in [3.05, 3.63) is 0 Å². The van der Waals surface area contributed by atoms with Crippen LogP contribution in [0.2, 0.25) is 0 Å². The van der Waals surface area contributed by atoms with Crippen molar-refractivity contribution >= 4 is 16.0 Å². The molecule has 0 aromatic rings. The fourth-order valence-corrected chi connectivity index (χ4v) is 3.86. The van der Waals surface area contributed by atoms with Crippen molar-refractivity contribution in [3.63, 3.8) is 0 Å². The fourth-order valence-electron chi connectivity index (χ4n) is 1.94. The monoisotopic (exact) mass is 277 g/mol. The molecule has 0 aromatic carbocycles. The summed E-state index contributed by atoms with van der Waals surface area (Å²) in [6, 6.07) is -0.108. The highest BCUT2D eigenvalue weighted by Gasteiger charge is 2.28. The Morgan fingerprint density at radius 3 is 2.44 bits per heavy atom. The molecule has 1 N–H and O–H groups in total. The van der Waals surface area contributed by atoms with E-state index in [1.807, 2.05) is 13.8 Å². The highest BCUT2D eigenvalue weighted by atomic mass is 32.2. The molecule has 1 aliphatic rings. The van der Waals surface area contributed by atoms with Gasteiger partial charge >= 0.3 is 5.97 Å². The Morgan fingerprint density at radius 2 is 2.00 bits per heavy atom. The largest absolute Gasteiger partial charge is 0.481 e. The van der Waals surface area contributed by atoms with E-state index in [2.05, 4.69) is 0 Å². The Hall–Kier alpha value is -0.620. The molecule has 0 spiro atoms. The number of hydrogen-bond acceptors (Lipinski definition) is 3. The van der Waals surface area contributed by atoms with Crippen LogP contribution >= 0.6 is 0 Å². The van der Waals surface area contributed by atoms with Crippen molar-refractivity contribution in [2.24, 2.45) is 5.92 Å². The van der Waals surface area contributed by atoms with Crippen LogP contribution in [0.1, 0.15) is 46.0 Å². The minimum Gasteiger partial charge on any atom is -0.481 e. The second-order valence-corrected chi connectivity index (χ2v) is 7.29. The lowest BCUT2D eigenvalue weighted by Gasteiger charge is -2.25. The summed E-state index contributed by atoms with van der Waals surface area (Å²) >= 11 is 0. The van der Waals surface area contributed by atoms with Crippen LogP contribution in [0.4, 0.5) is 0 Å². The zero-order chi connectivity index (χ0) is 13.8. The van der Waals surface area contributed by atoms with Crippen molar-refractivity contribution in [1.82, 2.24) is 4.31 Å². The minimum atomic E-state index is -3.23. The van der Waals surface area contributed by atoms with Gasteiger partial charge in [-0.3, -0.25) is 4.79 Å². The smallest absolute Gasteiger partial charge is 0.303 e. The van der Waals surface area contributed by atoms with Gasteiger partial charge in [-0.2, -0.15) is 4.31 Å². The summed E-state index contributed by atoms with van der Waals surface area (Å²) in [5.74, 6) is -0.0926. The predicted octanol–water partition coefficient (Wildman–Crippen LogP) is 1.69. The molecule has 0 amide bonds. The van der Waals surface area contributed by atoms with E-state index in [1.165, 1.54) is 4.31 Å². The number of carboxylic acids is 1. The van der Waals surface area contributed by atoms with Gasteiger partial charge in [0.1, 0.15) is 0 Å². The van der Waals surface area contributed by atoms with Gasteiger partial charge in [0.05, 0.1) is 5.75 Å². The standard InChI is InChI=1S/C12H23NO4S/c1-10(2)13(8-3-4-12(14)15)18(16,17)9-7-11-5-6-11/h10-11H,3-9H2,1-2H3,(H,14,15). The van der Waals surface area contributed by atoms with E-state index in [9.17, 15) is 13.2 Å². The van der Waals surface area contributed by atoms with E-state index in [0.29, 0.717) is 18.9 Å². The van der Waals surface area contributed by atoms with E-state index in [0.717, 1.165) is 19.3 Å². The zero-order valence-electron chi connectivity index (χ0n) is 11.1. The number of carbonyl (C=O) groups is 1. The Balaban J connectivity index is 2.49. The molecule has 0 bridgehead atoms. The van der Waals surface area contributed by atoms with Crippen LogP contribution in [0.5, 0.6) is 0 Å². The lowest BCUT2D eigenvalue weighted by molar-refractivity contribution is -0.137. The summed E-state index contributed by atoms with van der Waals surface area (Å²) in [6.45, 7) is 3.96. The summed E-state index contributed by atoms with van der Waals surface area (Å²) < 4.78 is 25.8. The van der Waals surface area contributed by atoms with Crippen LogP contribution in [0.25, 0.3) is 0 Å². The number of carboxylic acid groups (broad SMARTS) is 1. The number of aliphatic carboxylic acids is 1. The van der Waals surface area contributed by atoms with Gasteiger partial charge in [-0.15, -0.1) is 0 Å². The first-order valence-electron chi connectivity index (χ1n) is 6.54. The topological polar surface area (TPSA) is 74.7 Å². The van der Waals surface area contributed by atoms with Crippen molar-refractivity contribution in [1.29, 1.82) is 0 Å². The molecule has 1 aliphatic carbocycles. The second-order valence-electron chi connectivity index (χ2n) is 5.25. The third kappa shape index (κ3) is 5.35. The van der Waals surface area contributed by atoms with E-state index in [-0.39, 0.29) is 18.2 Å². The summed E-state index contributed by atoms with van der Waals surface area (Å²) in [7, 11) is -3.23. The molecular weight excluding hydrogens is 254 g/mol. The van der Waals surface area contributed by atoms with Crippen LogP contribution in [0.3, 0.4) is 0 Å². The Kier molecular flexibility index (Phi) is 5.59. The van der Waals surface area contributed by atoms with E-state index < -0.39 is 16.0 Å². The molecule has 1 fully saturated rings. The van der Waals surface area contributed by atoms with Crippen LogP contribution in [0, 0.1) is 5.92 Å². The summed E-state index contributed by atoms with van der Waals surface area (Å²) in [6.07, 6.45) is 3.43. The van der Waals surface area contributed by atoms with Crippen molar-refractivity contribution in [2.45, 2.75) is 52.0 Å². The number of rotatable bonds is 9. The maximum atomic E-state index is 12.2. The maximum Gasteiger partial charge on any atom is 0.303 e. The normalized spacial score (nSPS) is 16.4. The SMILES string of the molecule is CC(C)N(CCCC(=O)O)S(=O)(=O)CCC1CC1. The molecule has 0 aromatic heterocycles. The quantitative estimate of drug-likeness (QED) is 0.696. The second kappa shape index (κ2) is 6.52. The molecule has 0 aliphatic heterocycles. The molecule has 0 saturated heterocycles. The molecule has 18 heavy (non-hydrogen) atoms. The molecule has 1 saturated carbocycles. The van der Waals surface area contributed by atoms with Crippen molar-refractivity contribution in [2.75, 3.05) is 12.3 Å². The first-order chi connectivity index (χ1) is 8.33. The van der Waals surface area contributed by atoms with Crippen LogP contribution < -0.4 is 0 Å². The summed E-state index contributed by atoms with van der Waals surface area (Å²) in [5.41, 5.74) is 0. The van der Waals surface area contributed by atoms with Crippen molar-refractivity contribution in [3.8, 4) is 0 Å². The molecule has 0 unspecified atom stereocenters. The van der Waals surface area contributed by atoms with E-state index >= 15 is 0 Å². The number of hydrogen-bond donors (Lipinski definition) is 1. The first-order valence-corrected chi connectivity index (χ1v) is 8.15. The van der Waals surface area contributed by atoms with Gasteiger partial charge in [0.25, 0.3) is 0 Å². The van der Waals surface area contributed by atoms with Gasteiger partial charge in [-0.25, -0.2) is 8.42 Å². The molecule has 0 radical (unpaired) electrons. The molecule has 0 atom stereocenters. The van der Waals surface area contributed by atoms with Gasteiger partial charge < -0.3 is 5.11 Å². The predicted molar refractivity (Wildman–Crippen MR) is 69.8 cm³/mol. The Bertz CT molecular complexity index is 374. The van der Waals surface area contributed by atoms with Gasteiger partial charge in [-0.05, 0) is 32.6 Å². The van der Waals surface area contributed by atoms with Gasteiger partial charge in [0.2, 0.25) is 10.0 Å². The lowest BCUT2D eigenvalue weighted by atomic mass is 10.3. The van der Waals surface area contributed by atoms with E-state index in [4.69, 9.17) is 5.11 Å². The lowest BCUT2D eigenvalue weighted by Crippen LogP contribution is -2.39. The molecule has 106 valence electrons. The molecular formula is C12H23NO4S. The Morgan fingerprint density at radius 1 is 1.39 bits per heavy atom. The summed E-state index contributed by atoms with van der Waals surface area (Å²) in [5, 5.41) is 8.58. The van der Waals surface area contributed by atoms with Gasteiger partial charge in [-0.1, -0.05) is 12.8 Å². The highest BCUT2D eigenvalue weighted by Crippen LogP contribution is 2.33. The minimum absolute atomic E-state index is 0.0152. The molecule has 6 heteroatoms. The highest BCUT2D eigenvalue weighted by molar-refractivity contribution is 7.89. The Labute approximate surface area is 109 Å². The third-order valence-electron chi connectivity index (χ3n) is 3.18. The maximum absolute atomic E-state index is 12.2. The van der Waals surface area contributed by atoms with Crippen LogP contribution in [-0.2, 0) is 14.8 Å². The van der Waals surface area contributed by atoms with Crippen LogP contribution in [0.15, 0.2) is 0 Å². The zero-order valence-corrected chi connectivity index (χ0v) is 11.9. The van der Waals surface area contributed by atoms with Crippen LogP contribution in [-0.4, -0.2) is 42.1 Å². The average Bonchev–Trinajstić information content (AvgIpc) is 3.04. The molecule has 1 rings (SSSR count). The summed E-state index contributed by atoms with van der Waals surface area (Å²) in [4.78, 5) is 10.5. The molecule has 0 heterocycles. The molecule has 5 nitrogen and oxygen atoms in total. The van der Waals surface area contributed by atoms with E-state index in [1.54, 1.807) is 0 Å². The average molecular weight is 277 g/mol. The third-order valence-corrected chi connectivity index (χ3v) is 5.25. The number of nitrogens with zero attached hydrogens (tertiary/aromatic N) is 1. The van der Waals surface area contributed by atoms with Gasteiger partial charge in [0.15, 0.2) is 0 Å². The van der Waals surface area contributed by atoms with Gasteiger partial charge in [0, 0.05) is 19.0 Å².